The summed E-state index contributed by atoms with van der Waals surface area (Å²) in [5.41, 5.74) is 1.82. The molecule has 0 aliphatic heterocycles. The molecular formula is C15H22N4O. The number of nitrogens with zero attached hydrogens (tertiary/aromatic N) is 3. The maximum absolute atomic E-state index is 12.2. The third-order valence-electron chi connectivity index (χ3n) is 3.70. The molecule has 2 aromatic heterocycles. The van der Waals surface area contributed by atoms with Crippen LogP contribution in [-0.2, 0) is 14.1 Å². The van der Waals surface area contributed by atoms with E-state index in [4.69, 9.17) is 0 Å². The highest BCUT2D eigenvalue weighted by atomic mass is 16.1. The Bertz CT molecular complexity index is 582. The van der Waals surface area contributed by atoms with Gasteiger partial charge in [0.05, 0.1) is 0 Å². The van der Waals surface area contributed by atoms with E-state index in [1.807, 2.05) is 47.7 Å². The van der Waals surface area contributed by atoms with E-state index in [1.54, 1.807) is 6.20 Å². The Balaban J connectivity index is 2.06. The third-order valence-corrected chi connectivity index (χ3v) is 3.70. The molecular weight excluding hydrogens is 252 g/mol. The summed E-state index contributed by atoms with van der Waals surface area (Å²) in [6.07, 6.45) is 3.67. The van der Waals surface area contributed by atoms with Gasteiger partial charge in [0, 0.05) is 44.6 Å². The van der Waals surface area contributed by atoms with Crippen LogP contribution in [0, 0.1) is 5.92 Å². The Morgan fingerprint density at radius 2 is 2.10 bits per heavy atom. The summed E-state index contributed by atoms with van der Waals surface area (Å²) in [4.78, 5) is 12.2. The zero-order valence-electron chi connectivity index (χ0n) is 12.5. The van der Waals surface area contributed by atoms with Gasteiger partial charge < -0.3 is 9.88 Å². The molecule has 0 aliphatic carbocycles. The average molecular weight is 274 g/mol. The van der Waals surface area contributed by atoms with Crippen LogP contribution in [0.2, 0.25) is 0 Å². The summed E-state index contributed by atoms with van der Waals surface area (Å²) < 4.78 is 3.70. The molecule has 0 radical (unpaired) electrons. The van der Waals surface area contributed by atoms with Crippen molar-refractivity contribution in [1.29, 1.82) is 0 Å². The average Bonchev–Trinajstić information content (AvgIpc) is 2.98. The van der Waals surface area contributed by atoms with E-state index >= 15 is 0 Å². The number of hydrogen-bond donors (Lipinski definition) is 1. The molecule has 2 aromatic rings. The van der Waals surface area contributed by atoms with Crippen LogP contribution >= 0.6 is 0 Å². The Hall–Kier alpha value is -2.04. The van der Waals surface area contributed by atoms with Gasteiger partial charge in [-0.3, -0.25) is 9.48 Å². The van der Waals surface area contributed by atoms with E-state index in [-0.39, 0.29) is 11.8 Å². The zero-order valence-corrected chi connectivity index (χ0v) is 12.5. The summed E-state index contributed by atoms with van der Waals surface area (Å²) in [7, 11) is 3.81. The molecule has 5 heteroatoms. The molecule has 1 amide bonds. The Morgan fingerprint density at radius 1 is 1.35 bits per heavy atom. The number of nitrogens with one attached hydrogen (secondary N) is 1. The van der Waals surface area contributed by atoms with Gasteiger partial charge >= 0.3 is 0 Å². The summed E-state index contributed by atoms with van der Waals surface area (Å²) in [6, 6.07) is 5.71. The van der Waals surface area contributed by atoms with Crippen molar-refractivity contribution in [2.75, 3.05) is 6.54 Å². The lowest BCUT2D eigenvalue weighted by Crippen LogP contribution is -2.32. The van der Waals surface area contributed by atoms with E-state index in [2.05, 4.69) is 24.3 Å². The van der Waals surface area contributed by atoms with Gasteiger partial charge in [-0.05, 0) is 24.1 Å². The van der Waals surface area contributed by atoms with Crippen molar-refractivity contribution in [3.8, 4) is 0 Å². The summed E-state index contributed by atoms with van der Waals surface area (Å²) in [5.74, 6) is 0.649. The Labute approximate surface area is 119 Å². The lowest BCUT2D eigenvalue weighted by Gasteiger charge is -2.21. The minimum atomic E-state index is -0.0367. The van der Waals surface area contributed by atoms with E-state index in [1.165, 1.54) is 0 Å². The number of hydrogen-bond acceptors (Lipinski definition) is 2. The first-order valence-electron chi connectivity index (χ1n) is 6.88. The molecule has 0 bridgehead atoms. The first-order chi connectivity index (χ1) is 9.50. The van der Waals surface area contributed by atoms with Crippen molar-refractivity contribution in [3.05, 3.63) is 42.0 Å². The van der Waals surface area contributed by atoms with Crippen molar-refractivity contribution in [2.24, 2.45) is 20.0 Å². The lowest BCUT2D eigenvalue weighted by atomic mass is 9.92. The van der Waals surface area contributed by atoms with Crippen molar-refractivity contribution >= 4 is 5.91 Å². The predicted octanol–water partition coefficient (Wildman–Crippen LogP) is 1.93. The van der Waals surface area contributed by atoms with Crippen LogP contribution in [0.1, 0.15) is 35.9 Å². The molecule has 0 unspecified atom stereocenters. The molecule has 1 N–H and O–H groups in total. The van der Waals surface area contributed by atoms with Gasteiger partial charge in [0.25, 0.3) is 5.91 Å². The number of carbonyl (C=O) groups is 1. The Kier molecular flexibility index (Phi) is 4.27. The molecule has 0 spiro atoms. The predicted molar refractivity (Wildman–Crippen MR) is 78.5 cm³/mol. The van der Waals surface area contributed by atoms with Crippen LogP contribution in [0.15, 0.2) is 30.6 Å². The Morgan fingerprint density at radius 3 is 2.60 bits per heavy atom. The highest BCUT2D eigenvalue weighted by Crippen LogP contribution is 2.22. The smallest absolute Gasteiger partial charge is 0.267 e. The summed E-state index contributed by atoms with van der Waals surface area (Å²) >= 11 is 0. The zero-order chi connectivity index (χ0) is 14.7. The molecule has 108 valence electrons. The van der Waals surface area contributed by atoms with E-state index < -0.39 is 0 Å². The monoisotopic (exact) mass is 274 g/mol. The van der Waals surface area contributed by atoms with Crippen molar-refractivity contribution < 1.29 is 4.79 Å². The van der Waals surface area contributed by atoms with Gasteiger partial charge in [-0.25, -0.2) is 0 Å². The van der Waals surface area contributed by atoms with Gasteiger partial charge in [0.1, 0.15) is 5.69 Å². The molecule has 20 heavy (non-hydrogen) atoms. The van der Waals surface area contributed by atoms with Crippen molar-refractivity contribution in [3.63, 3.8) is 0 Å². The van der Waals surface area contributed by atoms with Gasteiger partial charge in [-0.15, -0.1) is 0 Å². The van der Waals surface area contributed by atoms with Crippen LogP contribution in [0.4, 0.5) is 0 Å². The highest BCUT2D eigenvalue weighted by Gasteiger charge is 2.20. The normalized spacial score (nSPS) is 12.7. The third kappa shape index (κ3) is 2.92. The fraction of sp³-hybridized carbons (Fsp3) is 0.467. The molecule has 1 atom stereocenters. The standard InChI is InChI=1S/C15H22N4O/c1-11(2)12(13-7-8-17-19(13)4)10-16-15(20)14-6-5-9-18(14)3/h5-9,11-12H,10H2,1-4H3,(H,16,20)/t12-/m1/s1. The number of rotatable bonds is 5. The second kappa shape index (κ2) is 5.94. The first kappa shape index (κ1) is 14.4. The topological polar surface area (TPSA) is 51.9 Å². The highest BCUT2D eigenvalue weighted by molar-refractivity contribution is 5.92. The minimum Gasteiger partial charge on any atom is -0.350 e. The van der Waals surface area contributed by atoms with Crippen LogP contribution in [0.25, 0.3) is 0 Å². The largest absolute Gasteiger partial charge is 0.350 e. The molecule has 0 saturated carbocycles. The number of carbonyl (C=O) groups excluding carboxylic acids is 1. The van der Waals surface area contributed by atoms with Gasteiger partial charge in [0.15, 0.2) is 0 Å². The minimum absolute atomic E-state index is 0.0367. The summed E-state index contributed by atoms with van der Waals surface area (Å²) in [6.45, 7) is 4.93. The number of aryl methyl sites for hydroxylation is 2. The fourth-order valence-corrected chi connectivity index (χ4v) is 2.42. The summed E-state index contributed by atoms with van der Waals surface area (Å²) in [5, 5.41) is 7.23. The quantitative estimate of drug-likeness (QED) is 0.905. The van der Waals surface area contributed by atoms with Gasteiger partial charge in [0.2, 0.25) is 0 Å². The molecule has 2 heterocycles. The van der Waals surface area contributed by atoms with E-state index in [0.717, 1.165) is 5.69 Å². The maximum Gasteiger partial charge on any atom is 0.267 e. The van der Waals surface area contributed by atoms with Crippen molar-refractivity contribution in [1.82, 2.24) is 19.7 Å². The van der Waals surface area contributed by atoms with Crippen LogP contribution in [0.3, 0.4) is 0 Å². The molecule has 0 saturated heterocycles. The van der Waals surface area contributed by atoms with Crippen LogP contribution in [-0.4, -0.2) is 26.8 Å². The molecule has 0 aliphatic rings. The van der Waals surface area contributed by atoms with Gasteiger partial charge in [-0.2, -0.15) is 5.10 Å². The SMILES string of the molecule is CC(C)[C@@H](CNC(=O)c1cccn1C)c1ccnn1C. The maximum atomic E-state index is 12.2. The van der Waals surface area contributed by atoms with E-state index in [9.17, 15) is 4.79 Å². The van der Waals surface area contributed by atoms with Crippen LogP contribution in [0.5, 0.6) is 0 Å². The molecule has 0 fully saturated rings. The van der Waals surface area contributed by atoms with Crippen LogP contribution < -0.4 is 5.32 Å². The van der Waals surface area contributed by atoms with Gasteiger partial charge in [-0.1, -0.05) is 13.8 Å². The number of amides is 1. The van der Waals surface area contributed by atoms with E-state index in [0.29, 0.717) is 18.2 Å². The lowest BCUT2D eigenvalue weighted by molar-refractivity contribution is 0.0940. The second-order valence-corrected chi connectivity index (χ2v) is 5.44. The fourth-order valence-electron chi connectivity index (χ4n) is 2.42. The van der Waals surface area contributed by atoms with Crippen molar-refractivity contribution in [2.45, 2.75) is 19.8 Å². The molecule has 0 aromatic carbocycles. The number of aromatic nitrogens is 3. The molecule has 5 nitrogen and oxygen atoms in total. The molecule has 2 rings (SSSR count). The first-order valence-corrected chi connectivity index (χ1v) is 6.88. The second-order valence-electron chi connectivity index (χ2n) is 5.44.